The first-order valence-corrected chi connectivity index (χ1v) is 6.29. The summed E-state index contributed by atoms with van der Waals surface area (Å²) in [5, 5.41) is 12.4. The maximum Gasteiger partial charge on any atom is 0.339 e. The monoisotopic (exact) mass is 291 g/mol. The number of aromatic carboxylic acids is 1. The van der Waals surface area contributed by atoms with Crippen LogP contribution in [-0.4, -0.2) is 30.2 Å². The Morgan fingerprint density at radius 2 is 2.05 bits per heavy atom. The minimum absolute atomic E-state index is 0.0738. The summed E-state index contributed by atoms with van der Waals surface area (Å²) >= 11 is 5.82. The zero-order valence-electron chi connectivity index (χ0n) is 11.1. The Hall–Kier alpha value is -2.27. The summed E-state index contributed by atoms with van der Waals surface area (Å²) in [5.41, 5.74) is 1.81. The van der Waals surface area contributed by atoms with Gasteiger partial charge in [-0.05, 0) is 30.3 Å². The normalized spacial score (nSPS) is 10.2. The molecule has 2 N–H and O–H groups in total. The highest BCUT2D eigenvalue weighted by Gasteiger charge is 2.12. The number of benzene rings is 1. The van der Waals surface area contributed by atoms with Crippen molar-refractivity contribution >= 4 is 34.8 Å². The van der Waals surface area contributed by atoms with Gasteiger partial charge in [-0.1, -0.05) is 17.7 Å². The van der Waals surface area contributed by atoms with E-state index in [0.717, 1.165) is 11.4 Å². The highest BCUT2D eigenvalue weighted by molar-refractivity contribution is 6.29. The van der Waals surface area contributed by atoms with Crippen molar-refractivity contribution in [2.24, 2.45) is 0 Å². The summed E-state index contributed by atoms with van der Waals surface area (Å²) < 4.78 is 0. The van der Waals surface area contributed by atoms with Gasteiger partial charge >= 0.3 is 5.97 Å². The van der Waals surface area contributed by atoms with Crippen molar-refractivity contribution in [3.8, 4) is 0 Å². The molecule has 0 atom stereocenters. The molecule has 0 fully saturated rings. The molecule has 5 nitrogen and oxygen atoms in total. The third-order valence-corrected chi connectivity index (χ3v) is 2.93. The molecule has 0 saturated heterocycles. The van der Waals surface area contributed by atoms with Crippen molar-refractivity contribution in [3.05, 3.63) is 47.1 Å². The molecule has 1 aromatic heterocycles. The fourth-order valence-corrected chi connectivity index (χ4v) is 1.85. The highest BCUT2D eigenvalue weighted by atomic mass is 35.5. The van der Waals surface area contributed by atoms with Gasteiger partial charge < -0.3 is 15.3 Å². The molecule has 0 aliphatic heterocycles. The first kappa shape index (κ1) is 14.1. The van der Waals surface area contributed by atoms with Gasteiger partial charge in [0.1, 0.15) is 16.5 Å². The van der Waals surface area contributed by atoms with E-state index in [1.54, 1.807) is 0 Å². The molecular formula is C14H14ClN3O2. The van der Waals surface area contributed by atoms with Gasteiger partial charge in [-0.2, -0.15) is 0 Å². The molecule has 0 saturated carbocycles. The molecule has 104 valence electrons. The molecule has 0 radical (unpaired) electrons. The Morgan fingerprint density at radius 1 is 1.30 bits per heavy atom. The molecule has 0 amide bonds. The smallest absolute Gasteiger partial charge is 0.339 e. The van der Waals surface area contributed by atoms with Gasteiger partial charge in [0, 0.05) is 25.5 Å². The summed E-state index contributed by atoms with van der Waals surface area (Å²) in [6.45, 7) is 0. The van der Waals surface area contributed by atoms with Crippen LogP contribution in [0.2, 0.25) is 5.15 Å². The van der Waals surface area contributed by atoms with Crippen molar-refractivity contribution in [1.82, 2.24) is 4.98 Å². The quantitative estimate of drug-likeness (QED) is 0.847. The average Bonchev–Trinajstić information content (AvgIpc) is 2.38. The first-order valence-electron chi connectivity index (χ1n) is 5.91. The van der Waals surface area contributed by atoms with Gasteiger partial charge in [0.15, 0.2) is 0 Å². The Kier molecular flexibility index (Phi) is 4.10. The van der Waals surface area contributed by atoms with Crippen LogP contribution in [0.5, 0.6) is 0 Å². The van der Waals surface area contributed by atoms with Crippen molar-refractivity contribution < 1.29 is 9.90 Å². The number of hydrogen-bond acceptors (Lipinski definition) is 4. The third kappa shape index (κ3) is 3.19. The zero-order chi connectivity index (χ0) is 14.7. The second-order valence-corrected chi connectivity index (χ2v) is 4.79. The van der Waals surface area contributed by atoms with Crippen molar-refractivity contribution in [2.75, 3.05) is 24.3 Å². The molecule has 0 spiro atoms. The van der Waals surface area contributed by atoms with E-state index in [-0.39, 0.29) is 16.5 Å². The van der Waals surface area contributed by atoms with Gasteiger partial charge in [-0.25, -0.2) is 9.78 Å². The number of rotatable bonds is 4. The summed E-state index contributed by atoms with van der Waals surface area (Å²) in [5.74, 6) is -0.832. The van der Waals surface area contributed by atoms with Crippen LogP contribution in [0, 0.1) is 0 Å². The Balaban J connectivity index is 2.36. The highest BCUT2D eigenvalue weighted by Crippen LogP contribution is 2.24. The Labute approximate surface area is 121 Å². The van der Waals surface area contributed by atoms with E-state index < -0.39 is 5.97 Å². The van der Waals surface area contributed by atoms with Crippen LogP contribution in [0.4, 0.5) is 17.2 Å². The van der Waals surface area contributed by atoms with E-state index in [9.17, 15) is 4.79 Å². The summed E-state index contributed by atoms with van der Waals surface area (Å²) in [6, 6.07) is 10.4. The van der Waals surface area contributed by atoms with E-state index in [1.807, 2.05) is 43.3 Å². The number of halogens is 1. The zero-order valence-corrected chi connectivity index (χ0v) is 11.8. The van der Waals surface area contributed by atoms with Gasteiger partial charge in [0.05, 0.1) is 0 Å². The number of carbonyl (C=O) groups is 1. The minimum Gasteiger partial charge on any atom is -0.478 e. The third-order valence-electron chi connectivity index (χ3n) is 2.72. The van der Waals surface area contributed by atoms with Crippen LogP contribution < -0.4 is 10.2 Å². The lowest BCUT2D eigenvalue weighted by atomic mass is 10.2. The van der Waals surface area contributed by atoms with E-state index in [1.165, 1.54) is 12.1 Å². The van der Waals surface area contributed by atoms with Gasteiger partial charge in [-0.15, -0.1) is 0 Å². The van der Waals surface area contributed by atoms with Crippen molar-refractivity contribution in [2.45, 2.75) is 0 Å². The average molecular weight is 292 g/mol. The number of nitrogens with one attached hydrogen (secondary N) is 1. The van der Waals surface area contributed by atoms with Gasteiger partial charge in [0.25, 0.3) is 0 Å². The SMILES string of the molecule is CN(C)c1cccc(Nc2nc(Cl)ccc2C(=O)O)c1. The van der Waals surface area contributed by atoms with Crippen molar-refractivity contribution in [1.29, 1.82) is 0 Å². The molecule has 20 heavy (non-hydrogen) atoms. The first-order chi connectivity index (χ1) is 9.47. The number of pyridine rings is 1. The second kappa shape index (κ2) is 5.79. The molecule has 6 heteroatoms. The Morgan fingerprint density at radius 3 is 2.70 bits per heavy atom. The molecule has 1 heterocycles. The lowest BCUT2D eigenvalue weighted by molar-refractivity contribution is 0.0697. The maximum atomic E-state index is 11.2. The lowest BCUT2D eigenvalue weighted by Gasteiger charge is -2.15. The van der Waals surface area contributed by atoms with Crippen LogP contribution in [0.15, 0.2) is 36.4 Å². The summed E-state index contributed by atoms with van der Waals surface area (Å²) in [7, 11) is 3.86. The number of aromatic nitrogens is 1. The molecule has 0 unspecified atom stereocenters. The fourth-order valence-electron chi connectivity index (χ4n) is 1.70. The number of hydrogen-bond donors (Lipinski definition) is 2. The van der Waals surface area contributed by atoms with Crippen LogP contribution in [0.25, 0.3) is 0 Å². The number of anilines is 3. The fraction of sp³-hybridized carbons (Fsp3) is 0.143. The summed E-state index contributed by atoms with van der Waals surface area (Å²) in [6.07, 6.45) is 0. The second-order valence-electron chi connectivity index (χ2n) is 4.41. The topological polar surface area (TPSA) is 65.5 Å². The van der Waals surface area contributed by atoms with Gasteiger partial charge in [0.2, 0.25) is 0 Å². The predicted molar refractivity (Wildman–Crippen MR) is 80.3 cm³/mol. The molecular weight excluding hydrogens is 278 g/mol. The Bertz CT molecular complexity index is 644. The molecule has 1 aromatic carbocycles. The van der Waals surface area contributed by atoms with E-state index >= 15 is 0 Å². The van der Waals surface area contributed by atoms with Gasteiger partial charge in [-0.3, -0.25) is 0 Å². The number of carboxylic acids is 1. The van der Waals surface area contributed by atoms with Crippen LogP contribution >= 0.6 is 11.6 Å². The van der Waals surface area contributed by atoms with Crippen molar-refractivity contribution in [3.63, 3.8) is 0 Å². The van der Waals surface area contributed by atoms with Crippen LogP contribution in [-0.2, 0) is 0 Å². The molecule has 0 aliphatic rings. The molecule has 2 aromatic rings. The van der Waals surface area contributed by atoms with E-state index in [4.69, 9.17) is 16.7 Å². The standard InChI is InChI=1S/C14H14ClN3O2/c1-18(2)10-5-3-4-9(8-10)16-13-11(14(19)20)6-7-12(15)17-13/h3-8H,1-2H3,(H,16,17)(H,19,20). The predicted octanol–water partition coefficient (Wildman–Crippen LogP) is 3.24. The minimum atomic E-state index is -1.06. The van der Waals surface area contributed by atoms with Crippen LogP contribution in [0.1, 0.15) is 10.4 Å². The van der Waals surface area contributed by atoms with E-state index in [2.05, 4.69) is 10.3 Å². The molecule has 2 rings (SSSR count). The molecule has 0 bridgehead atoms. The maximum absolute atomic E-state index is 11.2. The molecule has 0 aliphatic carbocycles. The summed E-state index contributed by atoms with van der Waals surface area (Å²) in [4.78, 5) is 17.1. The largest absolute Gasteiger partial charge is 0.478 e. The number of nitrogens with zero attached hydrogens (tertiary/aromatic N) is 2. The van der Waals surface area contributed by atoms with E-state index in [0.29, 0.717) is 0 Å². The van der Waals surface area contributed by atoms with Crippen LogP contribution in [0.3, 0.4) is 0 Å². The number of carboxylic acid groups (broad SMARTS) is 1. The lowest BCUT2D eigenvalue weighted by Crippen LogP contribution is -2.09.